The zero-order valence-corrected chi connectivity index (χ0v) is 11.9. The molecule has 1 N–H and O–H groups in total. The third kappa shape index (κ3) is 3.88. The molecule has 2 aliphatic heterocycles. The predicted molar refractivity (Wildman–Crippen MR) is 76.9 cm³/mol. The monoisotopic (exact) mass is 255 g/mol. The van der Waals surface area contributed by atoms with Gasteiger partial charge in [-0.2, -0.15) is 0 Å². The van der Waals surface area contributed by atoms with Crippen LogP contribution in [0.15, 0.2) is 4.99 Å². The number of rotatable bonds is 4. The van der Waals surface area contributed by atoms with Gasteiger partial charge in [0.05, 0.1) is 6.54 Å². The van der Waals surface area contributed by atoms with E-state index in [4.69, 9.17) is 4.99 Å². The Bertz CT molecular complexity index is 261. The SMILES string of the molecule is CCC1CSC(=NCC(C)N2CCCCC2)N1. The first-order chi connectivity index (χ1) is 8.29. The quantitative estimate of drug-likeness (QED) is 0.835. The standard InChI is InChI=1S/C13H25N3S/c1-3-12-10-17-13(15-12)14-9-11(2)16-7-5-4-6-8-16/h11-12H,3-10H2,1-2H3,(H,14,15). The van der Waals surface area contributed by atoms with Gasteiger partial charge in [0.1, 0.15) is 0 Å². The van der Waals surface area contributed by atoms with E-state index in [9.17, 15) is 0 Å². The third-order valence-corrected chi connectivity index (χ3v) is 4.84. The highest BCUT2D eigenvalue weighted by Gasteiger charge is 2.20. The fourth-order valence-electron chi connectivity index (χ4n) is 2.44. The molecule has 2 aliphatic rings. The van der Waals surface area contributed by atoms with Crippen LogP contribution in [0, 0.1) is 0 Å². The molecule has 2 atom stereocenters. The first-order valence-corrected chi connectivity index (χ1v) is 7.96. The van der Waals surface area contributed by atoms with Gasteiger partial charge in [-0.3, -0.25) is 9.89 Å². The van der Waals surface area contributed by atoms with Crippen LogP contribution in [0.5, 0.6) is 0 Å². The Labute approximate surface area is 109 Å². The number of nitrogens with one attached hydrogen (secondary N) is 1. The number of thioether (sulfide) groups is 1. The van der Waals surface area contributed by atoms with Crippen LogP contribution in [0.4, 0.5) is 0 Å². The molecule has 3 nitrogen and oxygen atoms in total. The fourth-order valence-corrected chi connectivity index (χ4v) is 3.53. The van der Waals surface area contributed by atoms with Crippen molar-refractivity contribution in [3.05, 3.63) is 0 Å². The number of amidine groups is 1. The molecule has 2 rings (SSSR count). The molecule has 0 aromatic rings. The second-order valence-electron chi connectivity index (χ2n) is 5.15. The molecule has 0 saturated carbocycles. The molecule has 4 heteroatoms. The summed E-state index contributed by atoms with van der Waals surface area (Å²) in [6.45, 7) is 8.03. The molecule has 2 fully saturated rings. The van der Waals surface area contributed by atoms with Gasteiger partial charge < -0.3 is 5.32 Å². The first-order valence-electron chi connectivity index (χ1n) is 6.97. The van der Waals surface area contributed by atoms with Gasteiger partial charge in [-0.05, 0) is 39.3 Å². The smallest absolute Gasteiger partial charge is 0.156 e. The van der Waals surface area contributed by atoms with Crippen LogP contribution < -0.4 is 5.32 Å². The summed E-state index contributed by atoms with van der Waals surface area (Å²) in [4.78, 5) is 7.31. The van der Waals surface area contributed by atoms with E-state index in [0.717, 1.165) is 6.54 Å². The van der Waals surface area contributed by atoms with Crippen molar-refractivity contribution < 1.29 is 0 Å². The third-order valence-electron chi connectivity index (χ3n) is 3.75. The molecule has 0 aliphatic carbocycles. The number of hydrogen-bond donors (Lipinski definition) is 1. The zero-order chi connectivity index (χ0) is 12.1. The van der Waals surface area contributed by atoms with Crippen LogP contribution in [0.1, 0.15) is 39.5 Å². The average molecular weight is 255 g/mol. The van der Waals surface area contributed by atoms with Crippen LogP contribution in [-0.4, -0.2) is 47.5 Å². The lowest BCUT2D eigenvalue weighted by Gasteiger charge is -2.31. The van der Waals surface area contributed by atoms with E-state index in [1.807, 2.05) is 11.8 Å². The van der Waals surface area contributed by atoms with E-state index in [2.05, 4.69) is 24.1 Å². The Kier molecular flexibility index (Phi) is 5.16. The summed E-state index contributed by atoms with van der Waals surface area (Å²) in [6, 6.07) is 1.25. The summed E-state index contributed by atoms with van der Waals surface area (Å²) in [5.74, 6) is 1.19. The van der Waals surface area contributed by atoms with E-state index < -0.39 is 0 Å². The summed E-state index contributed by atoms with van der Waals surface area (Å²) in [5.41, 5.74) is 0. The average Bonchev–Trinajstić information content (AvgIpc) is 2.85. The van der Waals surface area contributed by atoms with Crippen LogP contribution in [-0.2, 0) is 0 Å². The van der Waals surface area contributed by atoms with Crippen LogP contribution in [0.25, 0.3) is 0 Å². The van der Waals surface area contributed by atoms with Gasteiger partial charge in [0, 0.05) is 17.8 Å². The summed E-state index contributed by atoms with van der Waals surface area (Å²) in [5, 5.41) is 4.66. The number of nitrogens with zero attached hydrogens (tertiary/aromatic N) is 2. The second-order valence-corrected chi connectivity index (χ2v) is 6.16. The maximum Gasteiger partial charge on any atom is 0.156 e. The molecule has 0 bridgehead atoms. The lowest BCUT2D eigenvalue weighted by Crippen LogP contribution is -2.39. The molecule has 0 radical (unpaired) electrons. The summed E-state index contributed by atoms with van der Waals surface area (Å²) in [6.07, 6.45) is 5.35. The molecule has 2 unspecified atom stereocenters. The van der Waals surface area contributed by atoms with E-state index in [1.165, 1.54) is 49.7 Å². The van der Waals surface area contributed by atoms with E-state index >= 15 is 0 Å². The van der Waals surface area contributed by atoms with Gasteiger partial charge in [-0.1, -0.05) is 25.1 Å². The van der Waals surface area contributed by atoms with Crippen LogP contribution in [0.3, 0.4) is 0 Å². The van der Waals surface area contributed by atoms with Gasteiger partial charge in [0.15, 0.2) is 5.17 Å². The summed E-state index contributed by atoms with van der Waals surface area (Å²) < 4.78 is 0. The molecule has 0 aromatic heterocycles. The topological polar surface area (TPSA) is 27.6 Å². The fraction of sp³-hybridized carbons (Fsp3) is 0.923. The minimum absolute atomic E-state index is 0.603. The van der Waals surface area contributed by atoms with Gasteiger partial charge in [-0.15, -0.1) is 0 Å². The molecule has 17 heavy (non-hydrogen) atoms. The van der Waals surface area contributed by atoms with Gasteiger partial charge in [0.2, 0.25) is 0 Å². The van der Waals surface area contributed by atoms with Crippen molar-refractivity contribution >= 4 is 16.9 Å². The minimum atomic E-state index is 0.603. The lowest BCUT2D eigenvalue weighted by atomic mass is 10.1. The Morgan fingerprint density at radius 3 is 2.82 bits per heavy atom. The molecule has 2 heterocycles. The number of likely N-dealkylation sites (tertiary alicyclic amines) is 1. The van der Waals surface area contributed by atoms with Crippen molar-refractivity contribution in [1.82, 2.24) is 10.2 Å². The predicted octanol–water partition coefficient (Wildman–Crippen LogP) is 2.33. The molecule has 0 amide bonds. The van der Waals surface area contributed by atoms with Gasteiger partial charge >= 0.3 is 0 Å². The van der Waals surface area contributed by atoms with Crippen molar-refractivity contribution in [3.63, 3.8) is 0 Å². The Morgan fingerprint density at radius 2 is 2.18 bits per heavy atom. The second kappa shape index (κ2) is 6.64. The molecular formula is C13H25N3S. The summed E-state index contributed by atoms with van der Waals surface area (Å²) >= 11 is 1.88. The molecule has 0 aromatic carbocycles. The van der Waals surface area contributed by atoms with Gasteiger partial charge in [0.25, 0.3) is 0 Å². The van der Waals surface area contributed by atoms with Crippen molar-refractivity contribution in [1.29, 1.82) is 0 Å². The zero-order valence-electron chi connectivity index (χ0n) is 11.1. The first kappa shape index (κ1) is 13.2. The van der Waals surface area contributed by atoms with Crippen LogP contribution >= 0.6 is 11.8 Å². The number of hydrogen-bond acceptors (Lipinski definition) is 3. The Hall–Kier alpha value is -0.220. The van der Waals surface area contributed by atoms with Crippen LogP contribution in [0.2, 0.25) is 0 Å². The molecule has 0 spiro atoms. The van der Waals surface area contributed by atoms with E-state index in [0.29, 0.717) is 12.1 Å². The normalized spacial score (nSPS) is 30.5. The molecular weight excluding hydrogens is 230 g/mol. The summed E-state index contributed by atoms with van der Waals surface area (Å²) in [7, 11) is 0. The highest BCUT2D eigenvalue weighted by molar-refractivity contribution is 8.14. The largest absolute Gasteiger partial charge is 0.361 e. The lowest BCUT2D eigenvalue weighted by molar-refractivity contribution is 0.178. The Balaban J connectivity index is 1.75. The Morgan fingerprint density at radius 1 is 1.41 bits per heavy atom. The molecule has 98 valence electrons. The maximum atomic E-state index is 4.72. The number of piperidine rings is 1. The van der Waals surface area contributed by atoms with Crippen molar-refractivity contribution in [2.45, 2.75) is 51.6 Å². The molecule has 2 saturated heterocycles. The van der Waals surface area contributed by atoms with Crippen molar-refractivity contribution in [2.24, 2.45) is 4.99 Å². The van der Waals surface area contributed by atoms with Crippen molar-refractivity contribution in [3.8, 4) is 0 Å². The maximum absolute atomic E-state index is 4.72. The minimum Gasteiger partial charge on any atom is -0.361 e. The van der Waals surface area contributed by atoms with Crippen molar-refractivity contribution in [2.75, 3.05) is 25.4 Å². The highest BCUT2D eigenvalue weighted by Crippen LogP contribution is 2.17. The number of aliphatic imine (C=N–C) groups is 1. The van der Waals surface area contributed by atoms with E-state index in [-0.39, 0.29) is 0 Å². The van der Waals surface area contributed by atoms with Gasteiger partial charge in [-0.25, -0.2) is 0 Å². The van der Waals surface area contributed by atoms with E-state index in [1.54, 1.807) is 0 Å². The highest BCUT2D eigenvalue weighted by atomic mass is 32.2.